The van der Waals surface area contributed by atoms with Gasteiger partial charge in [-0.2, -0.15) is 0 Å². The highest BCUT2D eigenvalue weighted by Crippen LogP contribution is 2.38. The van der Waals surface area contributed by atoms with E-state index in [2.05, 4.69) is 6.92 Å². The fourth-order valence-corrected chi connectivity index (χ4v) is 2.87. The second kappa shape index (κ2) is 12.4. The van der Waals surface area contributed by atoms with Crippen molar-refractivity contribution in [2.75, 3.05) is 46.2 Å². The Kier molecular flexibility index (Phi) is 11.1. The molecule has 0 heterocycles. The second-order valence-electron chi connectivity index (χ2n) is 6.16. The zero-order valence-electron chi connectivity index (χ0n) is 13.8. The molecule has 1 aliphatic carbocycles. The molecule has 0 saturated heterocycles. The highest BCUT2D eigenvalue weighted by Gasteiger charge is 2.30. The molecule has 0 radical (unpaired) electrons. The van der Waals surface area contributed by atoms with Crippen LogP contribution in [-0.2, 0) is 14.2 Å². The van der Waals surface area contributed by atoms with Crippen molar-refractivity contribution in [3.05, 3.63) is 0 Å². The van der Waals surface area contributed by atoms with E-state index >= 15 is 0 Å². The third kappa shape index (κ3) is 8.77. The van der Waals surface area contributed by atoms with Crippen molar-refractivity contribution in [3.8, 4) is 0 Å². The lowest BCUT2D eigenvalue weighted by Gasteiger charge is -2.35. The normalized spacial score (nSPS) is 18.0. The van der Waals surface area contributed by atoms with Crippen LogP contribution >= 0.6 is 0 Å². The standard InChI is InChI=1S/C17H34O4/c1-2-3-10-19-12-14-21-15-13-20-11-9-17(16-18)7-5-4-6-8-17/h18H,2-16H2,1H3. The van der Waals surface area contributed by atoms with Crippen LogP contribution in [0.5, 0.6) is 0 Å². The Labute approximate surface area is 130 Å². The Hall–Kier alpha value is -0.160. The van der Waals surface area contributed by atoms with E-state index in [1.165, 1.54) is 25.7 Å². The van der Waals surface area contributed by atoms with Gasteiger partial charge in [0.1, 0.15) is 0 Å². The summed E-state index contributed by atoms with van der Waals surface area (Å²) in [4.78, 5) is 0. The molecule has 1 saturated carbocycles. The predicted molar refractivity (Wildman–Crippen MR) is 84.6 cm³/mol. The van der Waals surface area contributed by atoms with Gasteiger partial charge in [0, 0.05) is 19.8 Å². The Morgan fingerprint density at radius 3 is 1.95 bits per heavy atom. The van der Waals surface area contributed by atoms with E-state index in [-0.39, 0.29) is 5.41 Å². The number of hydrogen-bond donors (Lipinski definition) is 1. The third-order valence-corrected chi connectivity index (χ3v) is 4.41. The third-order valence-electron chi connectivity index (χ3n) is 4.41. The number of aliphatic hydroxyl groups excluding tert-OH is 1. The van der Waals surface area contributed by atoms with Crippen molar-refractivity contribution >= 4 is 0 Å². The van der Waals surface area contributed by atoms with E-state index in [4.69, 9.17) is 14.2 Å². The smallest absolute Gasteiger partial charge is 0.0701 e. The number of rotatable bonds is 13. The summed E-state index contributed by atoms with van der Waals surface area (Å²) in [7, 11) is 0. The van der Waals surface area contributed by atoms with Crippen molar-refractivity contribution in [1.29, 1.82) is 0 Å². The topological polar surface area (TPSA) is 47.9 Å². The maximum absolute atomic E-state index is 9.61. The first-order valence-corrected chi connectivity index (χ1v) is 8.67. The van der Waals surface area contributed by atoms with Gasteiger partial charge in [-0.1, -0.05) is 32.6 Å². The highest BCUT2D eigenvalue weighted by molar-refractivity contribution is 4.81. The van der Waals surface area contributed by atoms with Crippen molar-refractivity contribution in [1.82, 2.24) is 0 Å². The molecular formula is C17H34O4. The quantitative estimate of drug-likeness (QED) is 0.531. The van der Waals surface area contributed by atoms with Crippen LogP contribution in [0.15, 0.2) is 0 Å². The van der Waals surface area contributed by atoms with Crippen molar-refractivity contribution < 1.29 is 19.3 Å². The summed E-state index contributed by atoms with van der Waals surface area (Å²) in [6.45, 7) is 6.62. The van der Waals surface area contributed by atoms with E-state index in [0.29, 0.717) is 33.0 Å². The van der Waals surface area contributed by atoms with Crippen LogP contribution in [0.3, 0.4) is 0 Å². The summed E-state index contributed by atoms with van der Waals surface area (Å²) < 4.78 is 16.5. The summed E-state index contributed by atoms with van der Waals surface area (Å²) in [6, 6.07) is 0. The first kappa shape index (κ1) is 18.9. The molecule has 0 bridgehead atoms. The van der Waals surface area contributed by atoms with E-state index in [9.17, 15) is 5.11 Å². The van der Waals surface area contributed by atoms with Gasteiger partial charge >= 0.3 is 0 Å². The second-order valence-corrected chi connectivity index (χ2v) is 6.16. The van der Waals surface area contributed by atoms with Crippen LogP contribution in [0, 0.1) is 5.41 Å². The Balaban J connectivity index is 1.87. The Bertz CT molecular complexity index is 227. The summed E-state index contributed by atoms with van der Waals surface area (Å²) in [5, 5.41) is 9.61. The van der Waals surface area contributed by atoms with Gasteiger partial charge in [-0.25, -0.2) is 0 Å². The monoisotopic (exact) mass is 302 g/mol. The van der Waals surface area contributed by atoms with E-state index in [1.807, 2.05) is 0 Å². The summed E-state index contributed by atoms with van der Waals surface area (Å²) in [5.74, 6) is 0. The van der Waals surface area contributed by atoms with Crippen LogP contribution in [0.4, 0.5) is 0 Å². The molecule has 4 nitrogen and oxygen atoms in total. The molecule has 0 spiro atoms. The number of aliphatic hydroxyl groups is 1. The fourth-order valence-electron chi connectivity index (χ4n) is 2.87. The minimum absolute atomic E-state index is 0.131. The zero-order chi connectivity index (χ0) is 15.2. The van der Waals surface area contributed by atoms with Crippen LogP contribution in [0.25, 0.3) is 0 Å². The molecule has 1 aliphatic rings. The largest absolute Gasteiger partial charge is 0.396 e. The van der Waals surface area contributed by atoms with E-state index in [0.717, 1.165) is 38.9 Å². The Morgan fingerprint density at radius 1 is 0.810 bits per heavy atom. The van der Waals surface area contributed by atoms with Crippen molar-refractivity contribution in [2.45, 2.75) is 58.3 Å². The SMILES string of the molecule is CCCCOCCOCCOCCC1(CO)CCCCC1. The lowest BCUT2D eigenvalue weighted by Crippen LogP contribution is -2.30. The van der Waals surface area contributed by atoms with Crippen molar-refractivity contribution in [3.63, 3.8) is 0 Å². The van der Waals surface area contributed by atoms with Gasteiger partial charge < -0.3 is 19.3 Å². The number of hydrogen-bond acceptors (Lipinski definition) is 4. The number of unbranched alkanes of at least 4 members (excludes halogenated alkanes) is 1. The highest BCUT2D eigenvalue weighted by atomic mass is 16.5. The molecule has 1 rings (SSSR count). The van der Waals surface area contributed by atoms with Gasteiger partial charge in [0.2, 0.25) is 0 Å². The first-order chi connectivity index (χ1) is 10.3. The molecule has 0 unspecified atom stereocenters. The first-order valence-electron chi connectivity index (χ1n) is 8.67. The molecule has 126 valence electrons. The summed E-state index contributed by atoms with van der Waals surface area (Å²) in [5.41, 5.74) is 0.131. The maximum Gasteiger partial charge on any atom is 0.0701 e. The van der Waals surface area contributed by atoms with Gasteiger partial charge in [0.05, 0.1) is 26.4 Å². The zero-order valence-corrected chi connectivity index (χ0v) is 13.8. The molecule has 1 N–H and O–H groups in total. The lowest BCUT2D eigenvalue weighted by atomic mass is 9.73. The summed E-state index contributed by atoms with van der Waals surface area (Å²) in [6.07, 6.45) is 9.39. The molecule has 0 aromatic carbocycles. The van der Waals surface area contributed by atoms with Crippen LogP contribution < -0.4 is 0 Å². The molecule has 21 heavy (non-hydrogen) atoms. The molecule has 4 heteroatoms. The van der Waals surface area contributed by atoms with Crippen LogP contribution in [-0.4, -0.2) is 51.4 Å². The molecule has 0 aromatic heterocycles. The maximum atomic E-state index is 9.61. The predicted octanol–water partition coefficient (Wildman–Crippen LogP) is 3.17. The molecule has 1 fully saturated rings. The van der Waals surface area contributed by atoms with Crippen molar-refractivity contribution in [2.24, 2.45) is 5.41 Å². The van der Waals surface area contributed by atoms with E-state index in [1.54, 1.807) is 0 Å². The molecule has 0 amide bonds. The average molecular weight is 302 g/mol. The van der Waals surface area contributed by atoms with Crippen LogP contribution in [0.2, 0.25) is 0 Å². The minimum atomic E-state index is 0.131. The van der Waals surface area contributed by atoms with Crippen LogP contribution in [0.1, 0.15) is 58.3 Å². The molecule has 0 aromatic rings. The van der Waals surface area contributed by atoms with Gasteiger partial charge in [-0.05, 0) is 31.1 Å². The lowest BCUT2D eigenvalue weighted by molar-refractivity contribution is -0.00366. The summed E-state index contributed by atoms with van der Waals surface area (Å²) >= 11 is 0. The van der Waals surface area contributed by atoms with Gasteiger partial charge in [0.15, 0.2) is 0 Å². The van der Waals surface area contributed by atoms with Gasteiger partial charge in [-0.15, -0.1) is 0 Å². The minimum Gasteiger partial charge on any atom is -0.396 e. The van der Waals surface area contributed by atoms with Gasteiger partial charge in [0.25, 0.3) is 0 Å². The Morgan fingerprint density at radius 2 is 1.38 bits per heavy atom. The van der Waals surface area contributed by atoms with Gasteiger partial charge in [-0.3, -0.25) is 0 Å². The molecule has 0 aliphatic heterocycles. The fraction of sp³-hybridized carbons (Fsp3) is 1.00. The number of ether oxygens (including phenoxy) is 3. The molecule has 0 atom stereocenters. The molecular weight excluding hydrogens is 268 g/mol. The average Bonchev–Trinajstić information content (AvgIpc) is 2.53. The van der Waals surface area contributed by atoms with E-state index < -0.39 is 0 Å².